The molecule has 5 nitrogen and oxygen atoms in total. The van der Waals surface area contributed by atoms with E-state index < -0.39 is 21.2 Å². The fraction of sp³-hybridized carbons (Fsp3) is 0.167. The highest BCUT2D eigenvalue weighted by atomic mass is 32.2. The van der Waals surface area contributed by atoms with Gasteiger partial charge in [-0.1, -0.05) is 42.5 Å². The van der Waals surface area contributed by atoms with E-state index in [1.807, 2.05) is 12.1 Å². The van der Waals surface area contributed by atoms with Gasteiger partial charge in [0.1, 0.15) is 17.6 Å². The molecule has 2 unspecified atom stereocenters. The Hall–Kier alpha value is -3.09. The summed E-state index contributed by atoms with van der Waals surface area (Å²) in [6, 6.07) is 22.1. The van der Waals surface area contributed by atoms with Crippen LogP contribution in [0.1, 0.15) is 17.5 Å². The van der Waals surface area contributed by atoms with Gasteiger partial charge in [0.2, 0.25) is 0 Å². The fourth-order valence-electron chi connectivity index (χ4n) is 4.44. The van der Waals surface area contributed by atoms with Crippen LogP contribution in [-0.4, -0.2) is 36.1 Å². The summed E-state index contributed by atoms with van der Waals surface area (Å²) in [4.78, 5) is 0.294. The van der Waals surface area contributed by atoms with Crippen LogP contribution in [-0.2, 0) is 14.6 Å². The van der Waals surface area contributed by atoms with E-state index >= 15 is 0 Å². The van der Waals surface area contributed by atoms with Crippen LogP contribution < -0.4 is 0 Å². The van der Waals surface area contributed by atoms with Gasteiger partial charge in [-0.05, 0) is 65.1 Å². The second-order valence-electron chi connectivity index (χ2n) is 7.60. The minimum absolute atomic E-state index is 0.142. The molecular weight excluding hydrogens is 400 g/mol. The number of aromatic hydroxyl groups is 2. The third kappa shape index (κ3) is 3.00. The van der Waals surface area contributed by atoms with Crippen molar-refractivity contribution < 1.29 is 23.4 Å². The van der Waals surface area contributed by atoms with E-state index in [2.05, 4.69) is 0 Å². The minimum Gasteiger partial charge on any atom is -0.508 e. The van der Waals surface area contributed by atoms with Crippen LogP contribution in [0.5, 0.6) is 11.5 Å². The van der Waals surface area contributed by atoms with Gasteiger partial charge in [-0.2, -0.15) is 0 Å². The Morgan fingerprint density at radius 2 is 1.27 bits per heavy atom. The van der Waals surface area contributed by atoms with Crippen LogP contribution in [0.15, 0.2) is 83.8 Å². The fourth-order valence-corrected chi connectivity index (χ4v) is 6.28. The normalized spacial score (nSPS) is 23.1. The van der Waals surface area contributed by atoms with Crippen molar-refractivity contribution >= 4 is 21.0 Å². The Labute approximate surface area is 174 Å². The molecule has 2 bridgehead atoms. The summed E-state index contributed by atoms with van der Waals surface area (Å²) < 4.78 is 32.9. The molecule has 1 saturated heterocycles. The Kier molecular flexibility index (Phi) is 4.41. The van der Waals surface area contributed by atoms with Crippen molar-refractivity contribution in [2.75, 3.05) is 0 Å². The largest absolute Gasteiger partial charge is 0.508 e. The highest BCUT2D eigenvalue weighted by Crippen LogP contribution is 2.51. The number of benzene rings is 3. The topological polar surface area (TPSA) is 83.8 Å². The zero-order valence-electron chi connectivity index (χ0n) is 16.0. The lowest BCUT2D eigenvalue weighted by Gasteiger charge is -2.25. The van der Waals surface area contributed by atoms with E-state index in [0.29, 0.717) is 11.3 Å². The van der Waals surface area contributed by atoms with Crippen molar-refractivity contribution in [3.8, 4) is 11.5 Å². The molecule has 2 heterocycles. The van der Waals surface area contributed by atoms with E-state index in [4.69, 9.17) is 4.74 Å². The molecule has 3 atom stereocenters. The van der Waals surface area contributed by atoms with E-state index in [-0.39, 0.29) is 17.6 Å². The molecule has 0 spiro atoms. The van der Waals surface area contributed by atoms with E-state index in [9.17, 15) is 18.6 Å². The highest BCUT2D eigenvalue weighted by molar-refractivity contribution is 7.92. The van der Waals surface area contributed by atoms with Gasteiger partial charge in [-0.15, -0.1) is 0 Å². The van der Waals surface area contributed by atoms with Crippen LogP contribution in [0.4, 0.5) is 0 Å². The summed E-state index contributed by atoms with van der Waals surface area (Å²) in [7, 11) is -3.58. The number of hydrogen-bond donors (Lipinski definition) is 2. The van der Waals surface area contributed by atoms with Gasteiger partial charge in [0.15, 0.2) is 9.84 Å². The quantitative estimate of drug-likeness (QED) is 0.666. The summed E-state index contributed by atoms with van der Waals surface area (Å²) in [6.07, 6.45) is -0.583. The van der Waals surface area contributed by atoms with E-state index in [1.165, 1.54) is 0 Å². The van der Waals surface area contributed by atoms with Crippen molar-refractivity contribution in [3.63, 3.8) is 0 Å². The molecule has 152 valence electrons. The smallest absolute Gasteiger partial charge is 0.184 e. The second-order valence-corrected chi connectivity index (χ2v) is 9.77. The number of ether oxygens (including phenoxy) is 1. The van der Waals surface area contributed by atoms with Gasteiger partial charge in [-0.3, -0.25) is 0 Å². The number of sulfone groups is 1. The predicted molar refractivity (Wildman–Crippen MR) is 114 cm³/mol. The molecule has 30 heavy (non-hydrogen) atoms. The van der Waals surface area contributed by atoms with Crippen LogP contribution in [0.25, 0.3) is 11.1 Å². The third-order valence-corrected chi connectivity index (χ3v) is 7.98. The summed E-state index contributed by atoms with van der Waals surface area (Å²) in [5.41, 5.74) is 3.46. The van der Waals surface area contributed by atoms with Crippen molar-refractivity contribution in [2.24, 2.45) is 0 Å². The first-order chi connectivity index (χ1) is 14.4. The molecule has 3 aromatic carbocycles. The molecule has 0 saturated carbocycles. The molecule has 5 rings (SSSR count). The maximum atomic E-state index is 13.4. The predicted octanol–water partition coefficient (Wildman–Crippen LogP) is 4.02. The SMILES string of the molecule is O=S(=O)(c1ccccc1)[C@H]1CC2OC1C(c1ccc(O)cc1)=C2c1ccc(O)cc1. The van der Waals surface area contributed by atoms with E-state index in [1.54, 1.807) is 66.7 Å². The van der Waals surface area contributed by atoms with Gasteiger partial charge >= 0.3 is 0 Å². The van der Waals surface area contributed by atoms with E-state index in [0.717, 1.165) is 22.3 Å². The second kappa shape index (κ2) is 7.00. The summed E-state index contributed by atoms with van der Waals surface area (Å²) in [5.74, 6) is 0.308. The van der Waals surface area contributed by atoms with Crippen molar-refractivity contribution in [3.05, 3.63) is 90.0 Å². The molecule has 0 aromatic heterocycles. The van der Waals surface area contributed by atoms with Crippen LogP contribution >= 0.6 is 0 Å². The summed E-state index contributed by atoms with van der Waals surface area (Å²) >= 11 is 0. The number of hydrogen-bond acceptors (Lipinski definition) is 5. The first kappa shape index (κ1) is 18.9. The van der Waals surface area contributed by atoms with Crippen LogP contribution in [0, 0.1) is 0 Å². The molecule has 2 N–H and O–H groups in total. The molecule has 0 aliphatic carbocycles. The number of rotatable bonds is 4. The summed E-state index contributed by atoms with van der Waals surface area (Å²) in [6.45, 7) is 0. The van der Waals surface area contributed by atoms with Crippen molar-refractivity contribution in [1.82, 2.24) is 0 Å². The average Bonchev–Trinajstić information content (AvgIpc) is 3.35. The number of fused-ring (bicyclic) bond motifs is 2. The van der Waals surface area contributed by atoms with Gasteiger partial charge < -0.3 is 14.9 Å². The maximum Gasteiger partial charge on any atom is 0.184 e. The molecule has 0 radical (unpaired) electrons. The third-order valence-electron chi connectivity index (χ3n) is 5.82. The summed E-state index contributed by atoms with van der Waals surface area (Å²) in [5, 5.41) is 18.7. The standard InChI is InChI=1S/C24H20O5S/c25-17-10-6-15(7-11-17)22-20-14-21(30(27,28)19-4-2-1-3-5-19)24(29-20)23(22)16-8-12-18(26)13-9-16/h1-13,20-21,24-26H,14H2/t20?,21-,24?/m0/s1. The van der Waals surface area contributed by atoms with Crippen LogP contribution in [0.2, 0.25) is 0 Å². The minimum atomic E-state index is -3.58. The lowest BCUT2D eigenvalue weighted by molar-refractivity contribution is 0.128. The lowest BCUT2D eigenvalue weighted by atomic mass is 9.83. The Morgan fingerprint density at radius 1 is 0.733 bits per heavy atom. The molecule has 2 aliphatic rings. The van der Waals surface area contributed by atoms with Gasteiger partial charge in [0.25, 0.3) is 0 Å². The monoisotopic (exact) mass is 420 g/mol. The Balaban J connectivity index is 1.65. The first-order valence-electron chi connectivity index (χ1n) is 9.72. The molecule has 6 heteroatoms. The Morgan fingerprint density at radius 3 is 1.83 bits per heavy atom. The van der Waals surface area contributed by atoms with Crippen molar-refractivity contribution in [1.29, 1.82) is 0 Å². The molecule has 2 aliphatic heterocycles. The number of phenolic OH excluding ortho intramolecular Hbond substituents is 2. The zero-order valence-corrected chi connectivity index (χ0v) is 16.8. The molecular formula is C24H20O5S. The molecule has 1 fully saturated rings. The maximum absolute atomic E-state index is 13.4. The van der Waals surface area contributed by atoms with Gasteiger partial charge in [-0.25, -0.2) is 8.42 Å². The Bertz CT molecular complexity index is 1210. The van der Waals surface area contributed by atoms with Crippen LogP contribution in [0.3, 0.4) is 0 Å². The lowest BCUT2D eigenvalue weighted by Crippen LogP contribution is -2.32. The average molecular weight is 420 g/mol. The van der Waals surface area contributed by atoms with Gasteiger partial charge in [0, 0.05) is 0 Å². The van der Waals surface area contributed by atoms with Crippen molar-refractivity contribution in [2.45, 2.75) is 28.8 Å². The molecule has 3 aromatic rings. The molecule has 0 amide bonds. The highest BCUT2D eigenvalue weighted by Gasteiger charge is 2.52. The van der Waals surface area contributed by atoms with Gasteiger partial charge in [0.05, 0.1) is 16.2 Å². The zero-order chi connectivity index (χ0) is 20.9. The number of phenols is 2. The first-order valence-corrected chi connectivity index (χ1v) is 11.3.